The Bertz CT molecular complexity index is 526. The van der Waals surface area contributed by atoms with Gasteiger partial charge in [-0.3, -0.25) is 4.98 Å². The zero-order valence-corrected chi connectivity index (χ0v) is 10.3. The lowest BCUT2D eigenvalue weighted by Crippen LogP contribution is -2.12. The predicted octanol–water partition coefficient (Wildman–Crippen LogP) is 1.67. The van der Waals surface area contributed by atoms with Crippen LogP contribution in [0.25, 0.3) is 0 Å². The maximum absolute atomic E-state index is 13.0. The first kappa shape index (κ1) is 12.6. The van der Waals surface area contributed by atoms with Crippen molar-refractivity contribution in [2.45, 2.75) is 32.4 Å². The van der Waals surface area contributed by atoms with Crippen LogP contribution in [0.1, 0.15) is 37.4 Å². The van der Waals surface area contributed by atoms with Crippen LogP contribution in [0.4, 0.5) is 4.39 Å². The fourth-order valence-corrected chi connectivity index (χ4v) is 1.75. The van der Waals surface area contributed by atoms with E-state index < -0.39 is 11.9 Å². The van der Waals surface area contributed by atoms with Gasteiger partial charge >= 0.3 is 0 Å². The van der Waals surface area contributed by atoms with Crippen LogP contribution < -0.4 is 0 Å². The summed E-state index contributed by atoms with van der Waals surface area (Å²) in [4.78, 5) is 7.82. The molecular formula is C12H15FN4O. The lowest BCUT2D eigenvalue weighted by Gasteiger charge is -2.13. The van der Waals surface area contributed by atoms with E-state index in [0.29, 0.717) is 11.4 Å². The molecule has 5 nitrogen and oxygen atoms in total. The van der Waals surface area contributed by atoms with E-state index in [1.165, 1.54) is 18.6 Å². The quantitative estimate of drug-likeness (QED) is 0.896. The van der Waals surface area contributed by atoms with Gasteiger partial charge < -0.3 is 5.11 Å². The second kappa shape index (κ2) is 5.22. The molecule has 18 heavy (non-hydrogen) atoms. The lowest BCUT2D eigenvalue weighted by atomic mass is 10.1. The number of rotatable bonds is 4. The largest absolute Gasteiger partial charge is 0.388 e. The Balaban J connectivity index is 2.16. The summed E-state index contributed by atoms with van der Waals surface area (Å²) in [6.45, 7) is 3.96. The van der Waals surface area contributed by atoms with Crippen LogP contribution in [0.5, 0.6) is 0 Å². The summed E-state index contributed by atoms with van der Waals surface area (Å²) in [6.07, 6.45) is 3.45. The molecule has 2 rings (SSSR count). The van der Waals surface area contributed by atoms with Crippen molar-refractivity contribution < 1.29 is 9.50 Å². The zero-order valence-electron chi connectivity index (χ0n) is 10.3. The Morgan fingerprint density at radius 2 is 2.17 bits per heavy atom. The summed E-state index contributed by atoms with van der Waals surface area (Å²) in [5.41, 5.74) is 0.438. The second-order valence-corrected chi connectivity index (χ2v) is 4.37. The molecule has 2 heterocycles. The molecule has 1 unspecified atom stereocenters. The molecule has 1 N–H and O–H groups in total. The van der Waals surface area contributed by atoms with Crippen molar-refractivity contribution >= 4 is 0 Å². The molecule has 6 heteroatoms. The van der Waals surface area contributed by atoms with Gasteiger partial charge in [0.25, 0.3) is 0 Å². The average Bonchev–Trinajstić information content (AvgIpc) is 2.77. The molecule has 0 bridgehead atoms. The standard InChI is InChI=1S/C12H15FN4O/c1-8(2)17-12(15-7-16-17)4-11(18)9-3-10(13)6-14-5-9/h3,5-8,11,18H,4H2,1-2H3. The Labute approximate surface area is 104 Å². The summed E-state index contributed by atoms with van der Waals surface area (Å²) < 4.78 is 14.7. The van der Waals surface area contributed by atoms with Crippen molar-refractivity contribution in [2.75, 3.05) is 0 Å². The maximum atomic E-state index is 13.0. The molecule has 0 saturated heterocycles. The van der Waals surface area contributed by atoms with Crippen LogP contribution >= 0.6 is 0 Å². The number of aliphatic hydroxyl groups is 1. The number of pyridine rings is 1. The lowest BCUT2D eigenvalue weighted by molar-refractivity contribution is 0.172. The van der Waals surface area contributed by atoms with Gasteiger partial charge in [0.05, 0.1) is 12.3 Å². The SMILES string of the molecule is CC(C)n1ncnc1CC(O)c1cncc(F)c1. The van der Waals surface area contributed by atoms with E-state index >= 15 is 0 Å². The zero-order chi connectivity index (χ0) is 13.1. The van der Waals surface area contributed by atoms with E-state index in [0.717, 1.165) is 6.20 Å². The third kappa shape index (κ3) is 2.70. The molecule has 0 fully saturated rings. The molecule has 0 aliphatic carbocycles. The van der Waals surface area contributed by atoms with Gasteiger partial charge in [0, 0.05) is 24.2 Å². The van der Waals surface area contributed by atoms with Gasteiger partial charge in [-0.25, -0.2) is 14.1 Å². The fraction of sp³-hybridized carbons (Fsp3) is 0.417. The van der Waals surface area contributed by atoms with Crippen LogP contribution in [0, 0.1) is 5.82 Å². The van der Waals surface area contributed by atoms with Gasteiger partial charge in [0.1, 0.15) is 18.0 Å². The minimum absolute atomic E-state index is 0.167. The molecule has 2 aromatic heterocycles. The Morgan fingerprint density at radius 1 is 1.39 bits per heavy atom. The summed E-state index contributed by atoms with van der Waals surface area (Å²) in [5, 5.41) is 14.1. The predicted molar refractivity (Wildman–Crippen MR) is 63.3 cm³/mol. The first-order valence-corrected chi connectivity index (χ1v) is 5.75. The molecule has 0 spiro atoms. The smallest absolute Gasteiger partial charge is 0.141 e. The van der Waals surface area contributed by atoms with Crippen molar-refractivity contribution in [1.29, 1.82) is 0 Å². The van der Waals surface area contributed by atoms with E-state index in [4.69, 9.17) is 0 Å². The highest BCUT2D eigenvalue weighted by molar-refractivity contribution is 5.14. The molecule has 1 atom stereocenters. The van der Waals surface area contributed by atoms with Gasteiger partial charge in [0.2, 0.25) is 0 Å². The van der Waals surface area contributed by atoms with E-state index in [1.54, 1.807) is 4.68 Å². The second-order valence-electron chi connectivity index (χ2n) is 4.37. The van der Waals surface area contributed by atoms with Crippen molar-refractivity contribution in [3.8, 4) is 0 Å². The number of nitrogens with zero attached hydrogens (tertiary/aromatic N) is 4. The Kier molecular flexibility index (Phi) is 3.66. The highest BCUT2D eigenvalue weighted by atomic mass is 19.1. The fourth-order valence-electron chi connectivity index (χ4n) is 1.75. The first-order valence-electron chi connectivity index (χ1n) is 5.75. The molecule has 0 aromatic carbocycles. The van der Waals surface area contributed by atoms with Crippen molar-refractivity contribution in [2.24, 2.45) is 0 Å². The summed E-state index contributed by atoms with van der Waals surface area (Å²) in [5.74, 6) is 0.207. The van der Waals surface area contributed by atoms with Gasteiger partial charge in [-0.2, -0.15) is 5.10 Å². The van der Waals surface area contributed by atoms with Crippen LogP contribution in [0.15, 0.2) is 24.8 Å². The number of hydrogen-bond donors (Lipinski definition) is 1. The maximum Gasteiger partial charge on any atom is 0.141 e. The molecule has 0 aliphatic heterocycles. The number of aliphatic hydroxyl groups excluding tert-OH is 1. The first-order chi connectivity index (χ1) is 8.58. The number of hydrogen-bond acceptors (Lipinski definition) is 4. The van der Waals surface area contributed by atoms with E-state index in [-0.39, 0.29) is 12.5 Å². The highest BCUT2D eigenvalue weighted by Gasteiger charge is 2.15. The van der Waals surface area contributed by atoms with Crippen LogP contribution in [0.2, 0.25) is 0 Å². The van der Waals surface area contributed by atoms with E-state index in [9.17, 15) is 9.50 Å². The molecule has 0 radical (unpaired) electrons. The van der Waals surface area contributed by atoms with Gasteiger partial charge in [0.15, 0.2) is 0 Å². The van der Waals surface area contributed by atoms with Crippen LogP contribution in [-0.2, 0) is 6.42 Å². The van der Waals surface area contributed by atoms with Crippen LogP contribution in [-0.4, -0.2) is 24.9 Å². The number of aromatic nitrogens is 4. The molecular weight excluding hydrogens is 235 g/mol. The summed E-state index contributed by atoms with van der Waals surface area (Å²) >= 11 is 0. The topological polar surface area (TPSA) is 63.8 Å². The summed E-state index contributed by atoms with van der Waals surface area (Å²) in [6, 6.07) is 1.44. The van der Waals surface area contributed by atoms with E-state index in [1.807, 2.05) is 13.8 Å². The molecule has 0 saturated carbocycles. The number of halogens is 1. The monoisotopic (exact) mass is 250 g/mol. The third-order valence-electron chi connectivity index (χ3n) is 2.62. The average molecular weight is 250 g/mol. The van der Waals surface area contributed by atoms with Crippen molar-refractivity contribution in [3.05, 3.63) is 42.0 Å². The van der Waals surface area contributed by atoms with Gasteiger partial charge in [-0.05, 0) is 19.9 Å². The summed E-state index contributed by atoms with van der Waals surface area (Å²) in [7, 11) is 0. The van der Waals surface area contributed by atoms with Gasteiger partial charge in [-0.1, -0.05) is 0 Å². The minimum Gasteiger partial charge on any atom is -0.388 e. The third-order valence-corrected chi connectivity index (χ3v) is 2.62. The van der Waals surface area contributed by atoms with Crippen molar-refractivity contribution in [1.82, 2.24) is 19.7 Å². The Hall–Kier alpha value is -1.82. The molecule has 0 aliphatic rings. The normalized spacial score (nSPS) is 12.9. The van der Waals surface area contributed by atoms with Gasteiger partial charge in [-0.15, -0.1) is 0 Å². The van der Waals surface area contributed by atoms with Crippen LogP contribution in [0.3, 0.4) is 0 Å². The Morgan fingerprint density at radius 3 is 2.83 bits per heavy atom. The minimum atomic E-state index is -0.838. The molecule has 96 valence electrons. The highest BCUT2D eigenvalue weighted by Crippen LogP contribution is 2.18. The van der Waals surface area contributed by atoms with E-state index in [2.05, 4.69) is 15.1 Å². The molecule has 2 aromatic rings. The molecule has 0 amide bonds. The van der Waals surface area contributed by atoms with Crippen molar-refractivity contribution in [3.63, 3.8) is 0 Å².